The van der Waals surface area contributed by atoms with Crippen molar-refractivity contribution in [3.05, 3.63) is 24.2 Å². The van der Waals surface area contributed by atoms with E-state index in [2.05, 4.69) is 0 Å². The third kappa shape index (κ3) is 1.53. The van der Waals surface area contributed by atoms with Crippen LogP contribution >= 0.6 is 0 Å². The summed E-state index contributed by atoms with van der Waals surface area (Å²) in [6.45, 7) is 1.69. The second-order valence-electron chi connectivity index (χ2n) is 3.77. The molecule has 0 spiro atoms. The van der Waals surface area contributed by atoms with Crippen LogP contribution in [0.3, 0.4) is 0 Å². The molecule has 70 valence electrons. The second kappa shape index (κ2) is 3.36. The third-order valence-corrected chi connectivity index (χ3v) is 2.95. The number of ketones is 1. The van der Waals surface area contributed by atoms with Crippen LogP contribution in [0.25, 0.3) is 0 Å². The van der Waals surface area contributed by atoms with Crippen molar-refractivity contribution in [3.8, 4) is 0 Å². The zero-order chi connectivity index (χ0) is 9.26. The van der Waals surface area contributed by atoms with E-state index in [4.69, 9.17) is 4.42 Å². The molecule has 1 aliphatic carbocycles. The van der Waals surface area contributed by atoms with Crippen LogP contribution in [0.5, 0.6) is 0 Å². The van der Waals surface area contributed by atoms with Crippen molar-refractivity contribution in [1.29, 1.82) is 0 Å². The molecule has 0 aromatic carbocycles. The van der Waals surface area contributed by atoms with Gasteiger partial charge in [0, 0.05) is 11.8 Å². The summed E-state index contributed by atoms with van der Waals surface area (Å²) in [6, 6.07) is 3.87. The molecule has 0 amide bonds. The zero-order valence-electron chi connectivity index (χ0n) is 7.82. The maximum Gasteiger partial charge on any atom is 0.133 e. The minimum absolute atomic E-state index is 0.200. The van der Waals surface area contributed by atoms with Crippen molar-refractivity contribution < 1.29 is 9.21 Å². The van der Waals surface area contributed by atoms with Gasteiger partial charge in [0.2, 0.25) is 0 Å². The summed E-state index contributed by atoms with van der Waals surface area (Å²) in [4.78, 5) is 11.3. The van der Waals surface area contributed by atoms with E-state index in [9.17, 15) is 4.79 Å². The van der Waals surface area contributed by atoms with E-state index in [0.29, 0.717) is 11.7 Å². The predicted molar refractivity (Wildman–Crippen MR) is 49.5 cm³/mol. The Balaban J connectivity index is 2.19. The second-order valence-corrected chi connectivity index (χ2v) is 3.77. The lowest BCUT2D eigenvalue weighted by molar-refractivity contribution is -0.121. The Labute approximate surface area is 77.9 Å². The van der Waals surface area contributed by atoms with Crippen molar-refractivity contribution in [2.75, 3.05) is 0 Å². The van der Waals surface area contributed by atoms with Gasteiger partial charge >= 0.3 is 0 Å². The molecule has 1 saturated carbocycles. The molecule has 1 heterocycles. The number of furan rings is 1. The van der Waals surface area contributed by atoms with Gasteiger partial charge in [-0.1, -0.05) is 6.42 Å². The van der Waals surface area contributed by atoms with Crippen LogP contribution < -0.4 is 0 Å². The van der Waals surface area contributed by atoms with Crippen LogP contribution in [-0.4, -0.2) is 5.78 Å². The van der Waals surface area contributed by atoms with Crippen LogP contribution in [0, 0.1) is 5.92 Å². The van der Waals surface area contributed by atoms with E-state index in [0.717, 1.165) is 25.0 Å². The molecule has 2 rings (SSSR count). The van der Waals surface area contributed by atoms with Gasteiger partial charge in [-0.05, 0) is 31.9 Å². The molecule has 1 aromatic rings. The first kappa shape index (κ1) is 8.54. The van der Waals surface area contributed by atoms with Crippen LogP contribution in [0.4, 0.5) is 0 Å². The van der Waals surface area contributed by atoms with E-state index in [-0.39, 0.29) is 5.92 Å². The zero-order valence-corrected chi connectivity index (χ0v) is 7.82. The van der Waals surface area contributed by atoms with E-state index >= 15 is 0 Å². The lowest BCUT2D eigenvalue weighted by atomic mass is 9.91. The van der Waals surface area contributed by atoms with E-state index in [1.807, 2.05) is 12.1 Å². The quantitative estimate of drug-likeness (QED) is 0.697. The number of carbonyl (C=O) groups excluding carboxylic acids is 1. The summed E-state index contributed by atoms with van der Waals surface area (Å²) in [5, 5.41) is 0. The van der Waals surface area contributed by atoms with E-state index < -0.39 is 0 Å². The van der Waals surface area contributed by atoms with Gasteiger partial charge in [-0.15, -0.1) is 0 Å². The third-order valence-electron chi connectivity index (χ3n) is 2.95. The van der Waals surface area contributed by atoms with Crippen molar-refractivity contribution in [1.82, 2.24) is 0 Å². The fourth-order valence-corrected chi connectivity index (χ4v) is 2.29. The van der Waals surface area contributed by atoms with Crippen molar-refractivity contribution in [2.45, 2.75) is 32.1 Å². The Morgan fingerprint density at radius 3 is 3.00 bits per heavy atom. The smallest absolute Gasteiger partial charge is 0.133 e. The Hall–Kier alpha value is -1.05. The molecular weight excluding hydrogens is 164 g/mol. The highest BCUT2D eigenvalue weighted by Crippen LogP contribution is 2.40. The van der Waals surface area contributed by atoms with E-state index in [1.165, 1.54) is 0 Å². The number of Topliss-reactive ketones (excluding diaryl/α,β-unsaturated/α-hetero) is 1. The Morgan fingerprint density at radius 1 is 1.54 bits per heavy atom. The molecular formula is C11H14O2. The molecule has 1 fully saturated rings. The normalized spacial score (nSPS) is 27.8. The average molecular weight is 178 g/mol. The highest BCUT2D eigenvalue weighted by Gasteiger charge is 2.33. The van der Waals surface area contributed by atoms with Crippen LogP contribution in [0.1, 0.15) is 37.9 Å². The molecule has 0 unspecified atom stereocenters. The summed E-state index contributed by atoms with van der Waals surface area (Å²) in [6.07, 6.45) is 4.96. The van der Waals surface area contributed by atoms with Crippen molar-refractivity contribution >= 4 is 5.78 Å². The molecule has 2 heteroatoms. The molecule has 1 aliphatic rings. The summed E-state index contributed by atoms with van der Waals surface area (Å²) in [5.41, 5.74) is 0. The SMILES string of the molecule is CC(=O)[C@@H]1CCC[C@@H]1c1ccco1. The summed E-state index contributed by atoms with van der Waals surface area (Å²) < 4.78 is 5.35. The molecule has 13 heavy (non-hydrogen) atoms. The average Bonchev–Trinajstić information content (AvgIpc) is 2.74. The lowest BCUT2D eigenvalue weighted by Gasteiger charge is -2.13. The number of hydrogen-bond acceptors (Lipinski definition) is 2. The largest absolute Gasteiger partial charge is 0.469 e. The number of hydrogen-bond donors (Lipinski definition) is 0. The Kier molecular flexibility index (Phi) is 2.21. The van der Waals surface area contributed by atoms with Gasteiger partial charge in [-0.3, -0.25) is 4.79 Å². The highest BCUT2D eigenvalue weighted by molar-refractivity contribution is 5.79. The van der Waals surface area contributed by atoms with Gasteiger partial charge in [-0.25, -0.2) is 0 Å². The first-order valence-corrected chi connectivity index (χ1v) is 4.83. The van der Waals surface area contributed by atoms with Gasteiger partial charge in [0.1, 0.15) is 11.5 Å². The topological polar surface area (TPSA) is 30.2 Å². The van der Waals surface area contributed by atoms with Crippen LogP contribution in [0.15, 0.2) is 22.8 Å². The standard InChI is InChI=1S/C11H14O2/c1-8(12)9-4-2-5-10(9)11-6-3-7-13-11/h3,6-7,9-10H,2,4-5H2,1H3/t9-,10-/m0/s1. The monoisotopic (exact) mass is 178 g/mol. The fourth-order valence-electron chi connectivity index (χ4n) is 2.29. The summed E-state index contributed by atoms with van der Waals surface area (Å²) in [7, 11) is 0. The van der Waals surface area contributed by atoms with Gasteiger partial charge in [0.15, 0.2) is 0 Å². The molecule has 0 N–H and O–H groups in total. The summed E-state index contributed by atoms with van der Waals surface area (Å²) >= 11 is 0. The van der Waals surface area contributed by atoms with Crippen LogP contribution in [0.2, 0.25) is 0 Å². The van der Waals surface area contributed by atoms with E-state index in [1.54, 1.807) is 13.2 Å². The molecule has 0 saturated heterocycles. The predicted octanol–water partition coefficient (Wildman–Crippen LogP) is 2.75. The summed E-state index contributed by atoms with van der Waals surface area (Å²) in [5.74, 6) is 1.83. The fraction of sp³-hybridized carbons (Fsp3) is 0.545. The molecule has 0 aliphatic heterocycles. The minimum Gasteiger partial charge on any atom is -0.469 e. The first-order valence-electron chi connectivity index (χ1n) is 4.83. The lowest BCUT2D eigenvalue weighted by Crippen LogP contribution is -2.13. The molecule has 1 aromatic heterocycles. The maximum atomic E-state index is 11.3. The molecule has 0 radical (unpaired) electrons. The highest BCUT2D eigenvalue weighted by atomic mass is 16.3. The van der Waals surface area contributed by atoms with Gasteiger partial charge < -0.3 is 4.42 Å². The Morgan fingerprint density at radius 2 is 2.38 bits per heavy atom. The maximum absolute atomic E-state index is 11.3. The number of rotatable bonds is 2. The van der Waals surface area contributed by atoms with Crippen molar-refractivity contribution in [2.24, 2.45) is 5.92 Å². The molecule has 2 nitrogen and oxygen atoms in total. The number of carbonyl (C=O) groups is 1. The van der Waals surface area contributed by atoms with Crippen molar-refractivity contribution in [3.63, 3.8) is 0 Å². The minimum atomic E-state index is 0.200. The van der Waals surface area contributed by atoms with Gasteiger partial charge in [0.25, 0.3) is 0 Å². The molecule has 2 atom stereocenters. The first-order chi connectivity index (χ1) is 6.29. The van der Waals surface area contributed by atoms with Gasteiger partial charge in [-0.2, -0.15) is 0 Å². The van der Waals surface area contributed by atoms with Gasteiger partial charge in [0.05, 0.1) is 6.26 Å². The molecule has 0 bridgehead atoms. The Bertz CT molecular complexity index is 287. The van der Waals surface area contributed by atoms with Crippen LogP contribution in [-0.2, 0) is 4.79 Å².